The summed E-state index contributed by atoms with van der Waals surface area (Å²) in [6, 6.07) is 11.0. The van der Waals surface area contributed by atoms with Gasteiger partial charge < -0.3 is 5.32 Å². The molecule has 2 nitrogen and oxygen atoms in total. The minimum Gasteiger partial charge on any atom is -0.310 e. The molecule has 1 unspecified atom stereocenters. The van der Waals surface area contributed by atoms with Crippen molar-refractivity contribution in [2.75, 3.05) is 6.54 Å². The number of rotatable bonds is 5. The molecule has 1 N–H and O–H groups in total. The molecule has 0 bridgehead atoms. The second-order valence-corrected chi connectivity index (χ2v) is 6.43. The Hall–Kier alpha value is -0.460. The van der Waals surface area contributed by atoms with Gasteiger partial charge in [-0.05, 0) is 74.7 Å². The third-order valence-corrected chi connectivity index (χ3v) is 4.35. The number of nitrogens with zero attached hydrogens (tertiary/aromatic N) is 1. The number of pyridine rings is 1. The van der Waals surface area contributed by atoms with E-state index < -0.39 is 0 Å². The zero-order valence-corrected chi connectivity index (χ0v) is 14.5. The minimum absolute atomic E-state index is 0.328. The van der Waals surface area contributed by atoms with Crippen molar-refractivity contribution in [2.24, 2.45) is 0 Å². The molecule has 1 atom stereocenters. The van der Waals surface area contributed by atoms with Gasteiger partial charge in [-0.2, -0.15) is 0 Å². The van der Waals surface area contributed by atoms with E-state index in [1.807, 2.05) is 12.4 Å². The fraction of sp³-hybridized carbons (Fsp3) is 0.267. The largest absolute Gasteiger partial charge is 0.310 e. The van der Waals surface area contributed by atoms with Crippen LogP contribution in [0, 0.1) is 3.57 Å². The van der Waals surface area contributed by atoms with Crippen LogP contribution in [0.3, 0.4) is 0 Å². The summed E-state index contributed by atoms with van der Waals surface area (Å²) in [6.45, 7) is 3.10. The second-order valence-electron chi connectivity index (χ2n) is 4.35. The van der Waals surface area contributed by atoms with Crippen molar-refractivity contribution in [3.63, 3.8) is 0 Å². The molecule has 19 heavy (non-hydrogen) atoms. The molecule has 2 rings (SSSR count). The minimum atomic E-state index is 0.328. The molecule has 0 aliphatic rings. The lowest BCUT2D eigenvalue weighted by Gasteiger charge is -2.20. The first-order valence-corrected chi connectivity index (χ1v) is 8.15. The van der Waals surface area contributed by atoms with Crippen LogP contribution in [-0.2, 0) is 6.42 Å². The summed E-state index contributed by atoms with van der Waals surface area (Å²) in [7, 11) is 0. The lowest BCUT2D eigenvalue weighted by Crippen LogP contribution is -2.23. The van der Waals surface area contributed by atoms with E-state index in [0.717, 1.165) is 17.4 Å². The van der Waals surface area contributed by atoms with E-state index in [9.17, 15) is 0 Å². The molecule has 0 radical (unpaired) electrons. The van der Waals surface area contributed by atoms with Gasteiger partial charge >= 0.3 is 0 Å². The summed E-state index contributed by atoms with van der Waals surface area (Å²) in [4.78, 5) is 4.24. The topological polar surface area (TPSA) is 24.9 Å². The molecule has 0 aliphatic carbocycles. The van der Waals surface area contributed by atoms with Crippen molar-refractivity contribution >= 4 is 38.5 Å². The SMILES string of the molecule is CCNC(Cc1cncc(Br)c1)c1ccccc1I. The summed E-state index contributed by atoms with van der Waals surface area (Å²) >= 11 is 5.88. The first-order valence-electron chi connectivity index (χ1n) is 6.28. The van der Waals surface area contributed by atoms with Crippen molar-refractivity contribution in [1.29, 1.82) is 0 Å². The third-order valence-electron chi connectivity index (χ3n) is 2.93. The number of aromatic nitrogens is 1. The molecule has 0 aliphatic heterocycles. The Balaban J connectivity index is 2.24. The summed E-state index contributed by atoms with van der Waals surface area (Å²) < 4.78 is 2.33. The monoisotopic (exact) mass is 430 g/mol. The Morgan fingerprint density at radius 2 is 2.11 bits per heavy atom. The van der Waals surface area contributed by atoms with E-state index in [2.05, 4.69) is 86.1 Å². The number of hydrogen-bond donors (Lipinski definition) is 1. The average molecular weight is 431 g/mol. The van der Waals surface area contributed by atoms with Crippen LogP contribution in [0.5, 0.6) is 0 Å². The van der Waals surface area contributed by atoms with Crippen LogP contribution in [0.2, 0.25) is 0 Å². The average Bonchev–Trinajstić information content (AvgIpc) is 2.39. The Bertz CT molecular complexity index is 545. The standard InChI is InChI=1S/C15H16BrIN2/c1-2-19-15(13-5-3-4-6-14(13)17)8-11-7-12(16)10-18-9-11/h3-7,9-10,15,19H,2,8H2,1H3. The Labute approximate surface area is 136 Å². The summed E-state index contributed by atoms with van der Waals surface area (Å²) in [6.07, 6.45) is 4.70. The normalized spacial score (nSPS) is 12.4. The van der Waals surface area contributed by atoms with Crippen LogP contribution in [0.4, 0.5) is 0 Å². The maximum Gasteiger partial charge on any atom is 0.0410 e. The van der Waals surface area contributed by atoms with Crippen molar-refractivity contribution in [2.45, 2.75) is 19.4 Å². The molecule has 2 aromatic rings. The quantitative estimate of drug-likeness (QED) is 0.713. The lowest BCUT2D eigenvalue weighted by molar-refractivity contribution is 0.547. The number of benzene rings is 1. The highest BCUT2D eigenvalue weighted by Gasteiger charge is 2.14. The van der Waals surface area contributed by atoms with Gasteiger partial charge in [0.1, 0.15) is 0 Å². The van der Waals surface area contributed by atoms with Crippen LogP contribution in [0.25, 0.3) is 0 Å². The lowest BCUT2D eigenvalue weighted by atomic mass is 10.00. The van der Waals surface area contributed by atoms with Crippen molar-refractivity contribution in [3.05, 3.63) is 61.9 Å². The number of halogens is 2. The van der Waals surface area contributed by atoms with Gasteiger partial charge in [-0.25, -0.2) is 0 Å². The second kappa shape index (κ2) is 7.36. The molecular formula is C15H16BrIN2. The van der Waals surface area contributed by atoms with Gasteiger partial charge in [-0.3, -0.25) is 4.98 Å². The van der Waals surface area contributed by atoms with E-state index in [1.54, 1.807) is 0 Å². The van der Waals surface area contributed by atoms with E-state index in [0.29, 0.717) is 6.04 Å². The molecule has 1 aromatic carbocycles. The number of nitrogens with one attached hydrogen (secondary N) is 1. The molecule has 100 valence electrons. The maximum atomic E-state index is 4.24. The van der Waals surface area contributed by atoms with Crippen molar-refractivity contribution < 1.29 is 0 Å². The van der Waals surface area contributed by atoms with Gasteiger partial charge in [0.25, 0.3) is 0 Å². The van der Waals surface area contributed by atoms with Crippen LogP contribution in [0.15, 0.2) is 47.2 Å². The maximum absolute atomic E-state index is 4.24. The van der Waals surface area contributed by atoms with E-state index in [-0.39, 0.29) is 0 Å². The van der Waals surface area contributed by atoms with Gasteiger partial charge in [0.05, 0.1) is 0 Å². The smallest absolute Gasteiger partial charge is 0.0410 e. The Morgan fingerprint density at radius 3 is 2.79 bits per heavy atom. The fourth-order valence-corrected chi connectivity index (χ4v) is 3.27. The van der Waals surface area contributed by atoms with Gasteiger partial charge in [0, 0.05) is 26.5 Å². The van der Waals surface area contributed by atoms with Crippen LogP contribution in [0.1, 0.15) is 24.1 Å². The predicted octanol–water partition coefficient (Wildman–Crippen LogP) is 4.34. The molecule has 0 saturated heterocycles. The first-order chi connectivity index (χ1) is 9.20. The van der Waals surface area contributed by atoms with Gasteiger partial charge in [-0.1, -0.05) is 25.1 Å². The summed E-state index contributed by atoms with van der Waals surface area (Å²) in [5.41, 5.74) is 2.59. The van der Waals surface area contributed by atoms with Crippen LogP contribution < -0.4 is 5.32 Å². The molecule has 0 fully saturated rings. The molecular weight excluding hydrogens is 415 g/mol. The molecule has 4 heteroatoms. The molecule has 0 amide bonds. The highest BCUT2D eigenvalue weighted by Crippen LogP contribution is 2.24. The van der Waals surface area contributed by atoms with Gasteiger partial charge in [0.2, 0.25) is 0 Å². The molecule has 1 heterocycles. The molecule has 1 aromatic heterocycles. The van der Waals surface area contributed by atoms with E-state index in [4.69, 9.17) is 0 Å². The van der Waals surface area contributed by atoms with Crippen LogP contribution in [-0.4, -0.2) is 11.5 Å². The number of likely N-dealkylation sites (N-methyl/N-ethyl adjacent to an activating group) is 1. The van der Waals surface area contributed by atoms with Gasteiger partial charge in [-0.15, -0.1) is 0 Å². The van der Waals surface area contributed by atoms with Crippen molar-refractivity contribution in [3.8, 4) is 0 Å². The highest BCUT2D eigenvalue weighted by atomic mass is 127. The number of hydrogen-bond acceptors (Lipinski definition) is 2. The van der Waals surface area contributed by atoms with Crippen LogP contribution >= 0.6 is 38.5 Å². The zero-order chi connectivity index (χ0) is 13.7. The third kappa shape index (κ3) is 4.26. The Kier molecular flexibility index (Phi) is 5.78. The van der Waals surface area contributed by atoms with E-state index >= 15 is 0 Å². The van der Waals surface area contributed by atoms with Gasteiger partial charge in [0.15, 0.2) is 0 Å². The van der Waals surface area contributed by atoms with E-state index in [1.165, 1.54) is 14.7 Å². The molecule has 0 spiro atoms. The zero-order valence-electron chi connectivity index (χ0n) is 10.7. The molecule has 0 saturated carbocycles. The first kappa shape index (κ1) is 14.9. The summed E-state index contributed by atoms with van der Waals surface area (Å²) in [5, 5.41) is 3.56. The summed E-state index contributed by atoms with van der Waals surface area (Å²) in [5.74, 6) is 0. The highest BCUT2D eigenvalue weighted by molar-refractivity contribution is 14.1. The Morgan fingerprint density at radius 1 is 1.32 bits per heavy atom. The fourth-order valence-electron chi connectivity index (χ4n) is 2.10. The predicted molar refractivity (Wildman–Crippen MR) is 91.2 cm³/mol. The van der Waals surface area contributed by atoms with Crippen molar-refractivity contribution in [1.82, 2.24) is 10.3 Å².